The predicted molar refractivity (Wildman–Crippen MR) is 107 cm³/mol. The van der Waals surface area contributed by atoms with Crippen LogP contribution in [0.15, 0.2) is 36.7 Å². The van der Waals surface area contributed by atoms with Crippen LogP contribution in [-0.4, -0.2) is 37.3 Å². The Morgan fingerprint density at radius 1 is 1.21 bits per heavy atom. The molecular formula is C21H26N6O. The van der Waals surface area contributed by atoms with Gasteiger partial charge in [-0.15, -0.1) is 5.10 Å². The first kappa shape index (κ1) is 17.4. The van der Waals surface area contributed by atoms with Gasteiger partial charge in [0.05, 0.1) is 25.4 Å². The van der Waals surface area contributed by atoms with E-state index >= 15 is 0 Å². The van der Waals surface area contributed by atoms with Crippen LogP contribution in [0.5, 0.6) is 0 Å². The molecule has 7 nitrogen and oxygen atoms in total. The minimum atomic E-state index is 0.277. The molecule has 1 atom stereocenters. The number of benzene rings is 1. The van der Waals surface area contributed by atoms with Gasteiger partial charge in [0, 0.05) is 36.3 Å². The van der Waals surface area contributed by atoms with Crippen molar-refractivity contribution in [2.24, 2.45) is 0 Å². The van der Waals surface area contributed by atoms with Gasteiger partial charge in [0.1, 0.15) is 11.5 Å². The minimum absolute atomic E-state index is 0.277. The lowest BCUT2D eigenvalue weighted by Crippen LogP contribution is -2.15. The van der Waals surface area contributed by atoms with Gasteiger partial charge in [-0.1, -0.05) is 17.3 Å². The van der Waals surface area contributed by atoms with Gasteiger partial charge >= 0.3 is 0 Å². The van der Waals surface area contributed by atoms with E-state index < -0.39 is 0 Å². The first-order chi connectivity index (χ1) is 13.8. The van der Waals surface area contributed by atoms with E-state index in [1.165, 1.54) is 18.5 Å². The van der Waals surface area contributed by atoms with E-state index in [4.69, 9.17) is 4.74 Å². The highest BCUT2D eigenvalue weighted by molar-refractivity contribution is 5.63. The molecule has 1 unspecified atom stereocenters. The summed E-state index contributed by atoms with van der Waals surface area (Å²) in [6, 6.07) is 8.46. The number of nitrogens with one attached hydrogen (secondary N) is 1. The number of hydrogen-bond acceptors (Lipinski definition) is 5. The van der Waals surface area contributed by atoms with Gasteiger partial charge in [-0.25, -0.2) is 9.67 Å². The van der Waals surface area contributed by atoms with Gasteiger partial charge in [0.25, 0.3) is 0 Å². The van der Waals surface area contributed by atoms with Crippen LogP contribution in [0.2, 0.25) is 0 Å². The molecular weight excluding hydrogens is 352 g/mol. The first-order valence-electron chi connectivity index (χ1n) is 10.2. The van der Waals surface area contributed by atoms with Crippen LogP contribution in [0.3, 0.4) is 0 Å². The van der Waals surface area contributed by atoms with Crippen molar-refractivity contribution < 1.29 is 4.74 Å². The highest BCUT2D eigenvalue weighted by Crippen LogP contribution is 2.26. The summed E-state index contributed by atoms with van der Waals surface area (Å²) in [7, 11) is 0. The lowest BCUT2D eigenvalue weighted by atomic mass is 10.1. The Morgan fingerprint density at radius 2 is 2.21 bits per heavy atom. The second kappa shape index (κ2) is 7.75. The smallest absolute Gasteiger partial charge is 0.140 e. The molecule has 0 spiro atoms. The van der Waals surface area contributed by atoms with Gasteiger partial charge in [0.2, 0.25) is 0 Å². The Morgan fingerprint density at radius 3 is 3.14 bits per heavy atom. The molecule has 146 valence electrons. The minimum Gasteiger partial charge on any atom is -0.379 e. The van der Waals surface area contributed by atoms with E-state index in [0.717, 1.165) is 61.7 Å². The Balaban J connectivity index is 1.25. The quantitative estimate of drug-likeness (QED) is 0.713. The number of aromatic nitrogens is 5. The van der Waals surface area contributed by atoms with Crippen molar-refractivity contribution in [2.75, 3.05) is 11.9 Å². The fourth-order valence-corrected chi connectivity index (χ4v) is 4.13. The van der Waals surface area contributed by atoms with Gasteiger partial charge < -0.3 is 14.6 Å². The van der Waals surface area contributed by atoms with Gasteiger partial charge in [-0.05, 0) is 44.2 Å². The molecule has 0 aliphatic carbocycles. The van der Waals surface area contributed by atoms with Crippen LogP contribution >= 0.6 is 0 Å². The lowest BCUT2D eigenvalue weighted by Gasteiger charge is -2.17. The van der Waals surface area contributed by atoms with Crippen molar-refractivity contribution in [3.63, 3.8) is 0 Å². The number of anilines is 1. The summed E-state index contributed by atoms with van der Waals surface area (Å²) in [5.74, 6) is 1.07. The predicted octanol–water partition coefficient (Wildman–Crippen LogP) is 3.27. The van der Waals surface area contributed by atoms with Gasteiger partial charge in [-0.3, -0.25) is 0 Å². The van der Waals surface area contributed by atoms with E-state index in [1.54, 1.807) is 0 Å². The zero-order valence-electron chi connectivity index (χ0n) is 16.0. The number of aryl methyl sites for hydroxylation is 1. The van der Waals surface area contributed by atoms with Gasteiger partial charge in [0.15, 0.2) is 0 Å². The molecule has 7 heteroatoms. The zero-order valence-corrected chi connectivity index (χ0v) is 16.0. The summed E-state index contributed by atoms with van der Waals surface area (Å²) in [5.41, 5.74) is 4.50. The van der Waals surface area contributed by atoms with Crippen LogP contribution in [0.4, 0.5) is 5.69 Å². The van der Waals surface area contributed by atoms with Crippen LogP contribution in [-0.2, 0) is 30.8 Å². The average molecular weight is 378 g/mol. The van der Waals surface area contributed by atoms with Crippen LogP contribution in [0.25, 0.3) is 11.4 Å². The van der Waals surface area contributed by atoms with Crippen molar-refractivity contribution in [2.45, 2.75) is 57.8 Å². The van der Waals surface area contributed by atoms with Crippen LogP contribution in [0.1, 0.15) is 37.1 Å². The monoisotopic (exact) mass is 378 g/mol. The van der Waals surface area contributed by atoms with Crippen molar-refractivity contribution in [3.8, 4) is 11.4 Å². The van der Waals surface area contributed by atoms with Gasteiger partial charge in [-0.2, -0.15) is 0 Å². The maximum atomic E-state index is 5.67. The van der Waals surface area contributed by atoms with Crippen LogP contribution in [0, 0.1) is 0 Å². The second-order valence-electron chi connectivity index (χ2n) is 7.68. The SMILES string of the molecule is c1cc(NCc2cn(CC3CCCO3)nn2)cc(-c2ncc3n2CCCC3)c1. The van der Waals surface area contributed by atoms with Crippen LogP contribution < -0.4 is 5.32 Å². The Kier molecular flexibility index (Phi) is 4.83. The lowest BCUT2D eigenvalue weighted by molar-refractivity contribution is 0.0935. The summed E-state index contributed by atoms with van der Waals surface area (Å²) in [6.45, 7) is 3.36. The standard InChI is InChI=1S/C21H26N6O/c1-2-9-27-19(7-1)13-23-21(27)16-5-3-6-17(11-16)22-12-18-14-26(25-24-18)15-20-8-4-10-28-20/h3,5-6,11,13-14,20,22H,1-2,4,7-10,12,15H2. The molecule has 1 saturated heterocycles. The molecule has 5 rings (SSSR count). The molecule has 1 aromatic carbocycles. The van der Waals surface area contributed by atoms with Crippen molar-refractivity contribution in [1.82, 2.24) is 24.5 Å². The summed E-state index contributed by atoms with van der Waals surface area (Å²) in [6.07, 6.45) is 10.2. The molecule has 0 radical (unpaired) electrons. The molecule has 0 amide bonds. The Bertz CT molecular complexity index is 940. The molecule has 4 heterocycles. The maximum Gasteiger partial charge on any atom is 0.140 e. The first-order valence-corrected chi connectivity index (χ1v) is 10.2. The van der Waals surface area contributed by atoms with E-state index in [-0.39, 0.29) is 6.10 Å². The topological polar surface area (TPSA) is 69.8 Å². The van der Waals surface area contributed by atoms with Crippen molar-refractivity contribution in [1.29, 1.82) is 0 Å². The molecule has 2 aliphatic heterocycles. The van der Waals surface area contributed by atoms with E-state index in [2.05, 4.69) is 49.4 Å². The normalized spacial score (nSPS) is 18.9. The van der Waals surface area contributed by atoms with E-state index in [0.29, 0.717) is 6.54 Å². The molecule has 3 aromatic rings. The number of rotatable bonds is 6. The summed E-state index contributed by atoms with van der Waals surface area (Å²) in [5, 5.41) is 12.0. The number of imidazole rings is 1. The highest BCUT2D eigenvalue weighted by Gasteiger charge is 2.17. The highest BCUT2D eigenvalue weighted by atomic mass is 16.5. The number of fused-ring (bicyclic) bond motifs is 1. The van der Waals surface area contributed by atoms with E-state index in [9.17, 15) is 0 Å². The van der Waals surface area contributed by atoms with Crippen molar-refractivity contribution in [3.05, 3.63) is 48.0 Å². The maximum absolute atomic E-state index is 5.67. The number of nitrogens with zero attached hydrogens (tertiary/aromatic N) is 5. The molecule has 0 bridgehead atoms. The van der Waals surface area contributed by atoms with Crippen molar-refractivity contribution >= 4 is 5.69 Å². The number of ether oxygens (including phenoxy) is 1. The Hall–Kier alpha value is -2.67. The second-order valence-corrected chi connectivity index (χ2v) is 7.68. The summed E-state index contributed by atoms with van der Waals surface area (Å²) < 4.78 is 9.92. The molecule has 1 fully saturated rings. The molecule has 1 N–H and O–H groups in total. The zero-order chi connectivity index (χ0) is 18.8. The fourth-order valence-electron chi connectivity index (χ4n) is 4.13. The largest absolute Gasteiger partial charge is 0.379 e. The van der Waals surface area contributed by atoms with E-state index in [1.807, 2.05) is 17.1 Å². The summed E-state index contributed by atoms with van der Waals surface area (Å²) in [4.78, 5) is 4.68. The third-order valence-corrected chi connectivity index (χ3v) is 5.60. The summed E-state index contributed by atoms with van der Waals surface area (Å²) >= 11 is 0. The third-order valence-electron chi connectivity index (χ3n) is 5.60. The Labute approximate surface area is 164 Å². The third kappa shape index (κ3) is 3.67. The molecule has 0 saturated carbocycles. The molecule has 28 heavy (non-hydrogen) atoms. The fraction of sp³-hybridized carbons (Fsp3) is 0.476. The number of hydrogen-bond donors (Lipinski definition) is 1. The average Bonchev–Trinajstić information content (AvgIpc) is 3.48. The molecule has 2 aliphatic rings. The molecule has 2 aromatic heterocycles.